The first-order chi connectivity index (χ1) is 18.1. The number of hydrogen-bond donors (Lipinski definition) is 0. The Morgan fingerprint density at radius 2 is 1.64 bits per heavy atom. The molecule has 0 radical (unpaired) electrons. The van der Waals surface area contributed by atoms with Crippen molar-refractivity contribution < 1.29 is 17.9 Å². The lowest BCUT2D eigenvalue weighted by Crippen LogP contribution is -2.39. The number of likely N-dealkylation sites (tertiary alicyclic amines) is 1. The van der Waals surface area contributed by atoms with Gasteiger partial charge in [0.1, 0.15) is 17.3 Å². The molecule has 39 heavy (non-hydrogen) atoms. The molecule has 1 aromatic carbocycles. The monoisotopic (exact) mass is 572 g/mol. The van der Waals surface area contributed by atoms with E-state index < -0.39 is 9.84 Å². The summed E-state index contributed by atoms with van der Waals surface area (Å²) in [6, 6.07) is 4.44. The number of carbonyl (C=O) groups is 1. The Hall–Kier alpha value is -2.72. The van der Waals surface area contributed by atoms with Gasteiger partial charge in [-0.2, -0.15) is 0 Å². The SMILES string of the molecule is COc1c(C(C)(C)C)cc(-c2ncc(C3CCN(C(=O)Cn4ccnc4S(C)(=O)=O)CC3)s2)cc1C(C)(C)C. The van der Waals surface area contributed by atoms with E-state index in [1.807, 2.05) is 11.1 Å². The van der Waals surface area contributed by atoms with E-state index in [0.717, 1.165) is 35.4 Å². The first-order valence-electron chi connectivity index (χ1n) is 13.3. The Morgan fingerprint density at radius 3 is 2.15 bits per heavy atom. The second kappa shape index (κ2) is 10.7. The lowest BCUT2D eigenvalue weighted by molar-refractivity contribution is -0.133. The summed E-state index contributed by atoms with van der Waals surface area (Å²) in [5.41, 5.74) is 3.29. The van der Waals surface area contributed by atoms with Crippen LogP contribution in [0.3, 0.4) is 0 Å². The summed E-state index contributed by atoms with van der Waals surface area (Å²) in [6.45, 7) is 14.5. The zero-order valence-electron chi connectivity index (χ0n) is 24.2. The van der Waals surface area contributed by atoms with Crippen molar-refractivity contribution in [2.45, 2.75) is 82.8 Å². The van der Waals surface area contributed by atoms with Crippen molar-refractivity contribution in [2.75, 3.05) is 26.5 Å². The van der Waals surface area contributed by atoms with Crippen molar-refractivity contribution in [2.24, 2.45) is 0 Å². The molecule has 0 unspecified atom stereocenters. The Balaban J connectivity index is 1.50. The van der Waals surface area contributed by atoms with Crippen LogP contribution in [0, 0.1) is 0 Å². The highest BCUT2D eigenvalue weighted by Crippen LogP contribution is 2.44. The van der Waals surface area contributed by atoms with Gasteiger partial charge in [-0.05, 0) is 41.7 Å². The molecule has 4 rings (SSSR count). The maximum Gasteiger partial charge on any atom is 0.242 e. The third-order valence-electron chi connectivity index (χ3n) is 7.24. The fourth-order valence-corrected chi connectivity index (χ4v) is 6.97. The molecule has 212 valence electrons. The van der Waals surface area contributed by atoms with E-state index in [9.17, 15) is 13.2 Å². The molecule has 2 aromatic heterocycles. The number of benzene rings is 1. The third-order valence-corrected chi connectivity index (χ3v) is 9.46. The van der Waals surface area contributed by atoms with Crippen molar-refractivity contribution in [1.82, 2.24) is 19.4 Å². The highest BCUT2D eigenvalue weighted by Gasteiger charge is 2.30. The van der Waals surface area contributed by atoms with Gasteiger partial charge in [0.15, 0.2) is 0 Å². The number of imidazole rings is 1. The minimum atomic E-state index is -3.49. The molecule has 3 aromatic rings. The number of aromatic nitrogens is 3. The molecule has 0 bridgehead atoms. The zero-order valence-corrected chi connectivity index (χ0v) is 25.9. The van der Waals surface area contributed by atoms with Crippen LogP contribution in [0.25, 0.3) is 10.6 Å². The van der Waals surface area contributed by atoms with Crippen LogP contribution >= 0.6 is 11.3 Å². The molecule has 1 fully saturated rings. The van der Waals surface area contributed by atoms with E-state index in [1.54, 1.807) is 18.4 Å². The number of amides is 1. The molecular formula is C29H40N4O4S2. The number of piperidine rings is 1. The zero-order chi connectivity index (χ0) is 28.8. The largest absolute Gasteiger partial charge is 0.496 e. The van der Waals surface area contributed by atoms with Crippen LogP contribution in [0.2, 0.25) is 0 Å². The number of rotatable bonds is 6. The Bertz CT molecular complexity index is 1420. The third kappa shape index (κ3) is 6.38. The number of thiazole rings is 1. The second-order valence-corrected chi connectivity index (χ2v) is 15.4. The highest BCUT2D eigenvalue weighted by molar-refractivity contribution is 7.90. The van der Waals surface area contributed by atoms with Crippen LogP contribution in [-0.2, 0) is 32.0 Å². The lowest BCUT2D eigenvalue weighted by Gasteiger charge is -2.31. The summed E-state index contributed by atoms with van der Waals surface area (Å²) in [4.78, 5) is 24.7. The van der Waals surface area contributed by atoms with Crippen molar-refractivity contribution in [3.05, 3.63) is 46.7 Å². The quantitative estimate of drug-likeness (QED) is 0.392. The van der Waals surface area contributed by atoms with Crippen molar-refractivity contribution in [3.63, 3.8) is 0 Å². The van der Waals surface area contributed by atoms with Gasteiger partial charge in [-0.3, -0.25) is 4.79 Å². The van der Waals surface area contributed by atoms with Crippen molar-refractivity contribution in [1.29, 1.82) is 0 Å². The summed E-state index contributed by atoms with van der Waals surface area (Å²) >= 11 is 1.73. The summed E-state index contributed by atoms with van der Waals surface area (Å²) in [5.74, 6) is 1.19. The summed E-state index contributed by atoms with van der Waals surface area (Å²) in [7, 11) is -1.74. The number of methoxy groups -OCH3 is 1. The number of ether oxygens (including phenoxy) is 1. The van der Waals surface area contributed by atoms with Crippen molar-refractivity contribution in [3.8, 4) is 16.3 Å². The number of nitrogens with zero attached hydrogens (tertiary/aromatic N) is 4. The van der Waals surface area contributed by atoms with Gasteiger partial charge in [0, 0.05) is 59.5 Å². The van der Waals surface area contributed by atoms with Crippen LogP contribution < -0.4 is 4.74 Å². The molecule has 0 saturated carbocycles. The van der Waals surface area contributed by atoms with E-state index in [1.165, 1.54) is 33.0 Å². The van der Waals surface area contributed by atoms with E-state index >= 15 is 0 Å². The fourth-order valence-electron chi connectivity index (χ4n) is 5.10. The van der Waals surface area contributed by atoms with E-state index in [4.69, 9.17) is 9.72 Å². The summed E-state index contributed by atoms with van der Waals surface area (Å²) in [5, 5.41) is 0.918. The molecule has 1 saturated heterocycles. The highest BCUT2D eigenvalue weighted by atomic mass is 32.2. The Morgan fingerprint density at radius 1 is 1.05 bits per heavy atom. The van der Waals surface area contributed by atoms with Crippen LogP contribution in [0.5, 0.6) is 5.75 Å². The van der Waals surface area contributed by atoms with Gasteiger partial charge < -0.3 is 14.2 Å². The molecule has 8 nitrogen and oxygen atoms in total. The van der Waals surface area contributed by atoms with Crippen molar-refractivity contribution >= 4 is 27.1 Å². The average molecular weight is 573 g/mol. The normalized spacial score (nSPS) is 15.5. The van der Waals surface area contributed by atoms with Gasteiger partial charge >= 0.3 is 0 Å². The van der Waals surface area contributed by atoms with Gasteiger partial charge in [-0.1, -0.05) is 41.5 Å². The lowest BCUT2D eigenvalue weighted by atomic mass is 9.78. The average Bonchev–Trinajstić information content (AvgIpc) is 3.52. The first kappa shape index (κ1) is 29.3. The minimum Gasteiger partial charge on any atom is -0.496 e. The molecule has 3 heterocycles. The predicted octanol–water partition coefficient (Wildman–Crippen LogP) is 5.42. The summed E-state index contributed by atoms with van der Waals surface area (Å²) in [6.07, 6.45) is 7.73. The van der Waals surface area contributed by atoms with Gasteiger partial charge in [0.2, 0.25) is 20.9 Å². The Labute approximate surface area is 236 Å². The van der Waals surface area contributed by atoms with Gasteiger partial charge in [-0.15, -0.1) is 11.3 Å². The number of sulfone groups is 1. The Kier molecular flexibility index (Phi) is 8.02. The predicted molar refractivity (Wildman–Crippen MR) is 155 cm³/mol. The van der Waals surface area contributed by atoms with Gasteiger partial charge in [0.25, 0.3) is 0 Å². The van der Waals surface area contributed by atoms with E-state index in [0.29, 0.717) is 19.0 Å². The molecular weight excluding hydrogens is 532 g/mol. The van der Waals surface area contributed by atoms with E-state index in [-0.39, 0.29) is 28.4 Å². The topological polar surface area (TPSA) is 94.4 Å². The maximum atomic E-state index is 12.9. The standard InChI is InChI=1S/C29H40N4O4S2/c1-28(2,3)21-15-20(16-22(25(21)37-7)29(4,5)6)26-31-17-23(38-26)19-9-12-32(13-10-19)24(34)18-33-14-11-30-27(33)39(8,35)36/h11,14-17,19H,9-10,12-13,18H2,1-8H3. The molecule has 0 spiro atoms. The van der Waals surface area contributed by atoms with Crippen LogP contribution in [-0.4, -0.2) is 60.2 Å². The number of hydrogen-bond acceptors (Lipinski definition) is 7. The van der Waals surface area contributed by atoms with Crippen LogP contribution in [0.4, 0.5) is 0 Å². The molecule has 0 atom stereocenters. The fraction of sp³-hybridized carbons (Fsp3) is 0.552. The molecule has 1 aliphatic heterocycles. The first-order valence-corrected chi connectivity index (χ1v) is 16.0. The maximum absolute atomic E-state index is 12.9. The minimum absolute atomic E-state index is 0.0263. The van der Waals surface area contributed by atoms with Crippen LogP contribution in [0.1, 0.15) is 76.3 Å². The van der Waals surface area contributed by atoms with Crippen LogP contribution in [0.15, 0.2) is 35.9 Å². The smallest absolute Gasteiger partial charge is 0.242 e. The molecule has 1 aliphatic rings. The summed E-state index contributed by atoms with van der Waals surface area (Å²) < 4.78 is 31.2. The molecule has 0 aliphatic carbocycles. The second-order valence-electron chi connectivity index (χ2n) is 12.4. The van der Waals surface area contributed by atoms with Gasteiger partial charge in [0.05, 0.1) is 7.11 Å². The van der Waals surface area contributed by atoms with E-state index in [2.05, 4.69) is 58.7 Å². The molecule has 0 N–H and O–H groups in total. The molecule has 1 amide bonds. The molecule has 10 heteroatoms. The van der Waals surface area contributed by atoms with Gasteiger partial charge in [-0.25, -0.2) is 18.4 Å². The number of carbonyl (C=O) groups excluding carboxylic acids is 1.